The van der Waals surface area contributed by atoms with E-state index in [1.165, 1.54) is 0 Å². The van der Waals surface area contributed by atoms with Gasteiger partial charge in [-0.2, -0.15) is 5.26 Å². The Hall–Kier alpha value is -0.590. The zero-order valence-electron chi connectivity index (χ0n) is 12.4. The average molecular weight is 239 g/mol. The maximum absolute atomic E-state index is 9.20. The van der Waals surface area contributed by atoms with E-state index in [0.29, 0.717) is 5.41 Å². The second-order valence-electron chi connectivity index (χ2n) is 6.20. The fourth-order valence-corrected chi connectivity index (χ4v) is 2.21. The molecule has 0 amide bonds. The molecule has 0 aliphatic carbocycles. The van der Waals surface area contributed by atoms with Gasteiger partial charge in [0.2, 0.25) is 0 Å². The topological polar surface area (TPSA) is 39.1 Å². The van der Waals surface area contributed by atoms with Gasteiger partial charge >= 0.3 is 0 Å². The summed E-state index contributed by atoms with van der Waals surface area (Å²) >= 11 is 0. The van der Waals surface area contributed by atoms with Crippen molar-refractivity contribution in [2.24, 2.45) is 5.41 Å². The lowest BCUT2D eigenvalue weighted by atomic mass is 9.92. The van der Waals surface area contributed by atoms with Gasteiger partial charge in [-0.15, -0.1) is 0 Å². The smallest absolute Gasteiger partial charge is 0.106 e. The quantitative estimate of drug-likeness (QED) is 0.742. The molecule has 0 heterocycles. The van der Waals surface area contributed by atoms with E-state index >= 15 is 0 Å². The highest BCUT2D eigenvalue weighted by atomic mass is 15.1. The van der Waals surface area contributed by atoms with Gasteiger partial charge in [0, 0.05) is 6.54 Å². The Balaban J connectivity index is 4.02. The molecule has 17 heavy (non-hydrogen) atoms. The van der Waals surface area contributed by atoms with Crippen LogP contribution in [0.25, 0.3) is 0 Å². The van der Waals surface area contributed by atoms with Crippen LogP contribution in [0.1, 0.15) is 47.0 Å². The van der Waals surface area contributed by atoms with Crippen LogP contribution in [0.2, 0.25) is 0 Å². The zero-order valence-corrected chi connectivity index (χ0v) is 12.4. The number of nitrogens with zero attached hydrogens (tertiary/aromatic N) is 2. The van der Waals surface area contributed by atoms with Crippen molar-refractivity contribution in [3.8, 4) is 6.07 Å². The summed E-state index contributed by atoms with van der Waals surface area (Å²) in [6, 6.07) is 2.41. The number of nitriles is 1. The molecular formula is C14H29N3. The van der Waals surface area contributed by atoms with E-state index in [-0.39, 0.29) is 5.54 Å². The molecule has 0 aromatic heterocycles. The second kappa shape index (κ2) is 6.98. The minimum Gasteiger partial charge on any atom is -0.306 e. The molecule has 0 radical (unpaired) electrons. The lowest BCUT2D eigenvalue weighted by Gasteiger charge is -2.28. The highest BCUT2D eigenvalue weighted by Crippen LogP contribution is 2.18. The third kappa shape index (κ3) is 6.65. The van der Waals surface area contributed by atoms with E-state index in [1.807, 2.05) is 7.05 Å². The monoisotopic (exact) mass is 239 g/mol. The van der Waals surface area contributed by atoms with Crippen molar-refractivity contribution in [3.63, 3.8) is 0 Å². The van der Waals surface area contributed by atoms with Crippen molar-refractivity contribution in [2.45, 2.75) is 52.5 Å². The van der Waals surface area contributed by atoms with Gasteiger partial charge in [-0.05, 0) is 45.3 Å². The molecule has 0 aromatic rings. The van der Waals surface area contributed by atoms with Gasteiger partial charge in [0.05, 0.1) is 6.07 Å². The maximum atomic E-state index is 9.20. The van der Waals surface area contributed by atoms with Crippen LogP contribution in [0.4, 0.5) is 0 Å². The van der Waals surface area contributed by atoms with Gasteiger partial charge in [0.1, 0.15) is 5.54 Å². The van der Waals surface area contributed by atoms with E-state index < -0.39 is 0 Å². The maximum Gasteiger partial charge on any atom is 0.106 e. The van der Waals surface area contributed by atoms with E-state index in [0.717, 1.165) is 32.4 Å². The molecule has 1 unspecified atom stereocenters. The zero-order chi connectivity index (χ0) is 13.5. The number of hydrogen-bond acceptors (Lipinski definition) is 3. The minimum absolute atomic E-state index is 0.331. The Labute approximate surface area is 107 Å². The first-order valence-corrected chi connectivity index (χ1v) is 6.57. The Morgan fingerprint density at radius 3 is 2.24 bits per heavy atom. The molecule has 3 nitrogen and oxygen atoms in total. The summed E-state index contributed by atoms with van der Waals surface area (Å²) in [5.74, 6) is 0. The first-order chi connectivity index (χ1) is 7.78. The second-order valence-corrected chi connectivity index (χ2v) is 6.20. The summed E-state index contributed by atoms with van der Waals surface area (Å²) in [6.45, 7) is 11.0. The SMILES string of the molecule is CCC(C#N)(CCCN(C)CC(C)(C)C)NC. The molecule has 1 atom stereocenters. The third-order valence-electron chi connectivity index (χ3n) is 3.18. The van der Waals surface area contributed by atoms with Crippen molar-refractivity contribution in [1.82, 2.24) is 10.2 Å². The molecule has 0 saturated carbocycles. The van der Waals surface area contributed by atoms with Gasteiger partial charge in [0.15, 0.2) is 0 Å². The molecule has 0 aromatic carbocycles. The first kappa shape index (κ1) is 16.4. The van der Waals surface area contributed by atoms with Crippen LogP contribution in [0.3, 0.4) is 0 Å². The summed E-state index contributed by atoms with van der Waals surface area (Å²) in [5, 5.41) is 12.4. The van der Waals surface area contributed by atoms with Crippen LogP contribution in [0.15, 0.2) is 0 Å². The summed E-state index contributed by atoms with van der Waals surface area (Å²) in [4.78, 5) is 2.35. The fraction of sp³-hybridized carbons (Fsp3) is 0.929. The Morgan fingerprint density at radius 2 is 1.88 bits per heavy atom. The molecule has 0 rings (SSSR count). The molecule has 0 spiro atoms. The molecule has 0 fully saturated rings. The minimum atomic E-state index is -0.331. The molecule has 100 valence electrons. The Morgan fingerprint density at radius 1 is 1.29 bits per heavy atom. The van der Waals surface area contributed by atoms with Gasteiger partial charge < -0.3 is 10.2 Å². The summed E-state index contributed by atoms with van der Waals surface area (Å²) < 4.78 is 0. The Kier molecular flexibility index (Phi) is 6.74. The summed E-state index contributed by atoms with van der Waals surface area (Å²) in [7, 11) is 4.04. The third-order valence-corrected chi connectivity index (χ3v) is 3.18. The predicted octanol–water partition coefficient (Wildman–Crippen LogP) is 2.64. The molecular weight excluding hydrogens is 210 g/mol. The van der Waals surface area contributed by atoms with Crippen molar-refractivity contribution in [2.75, 3.05) is 27.2 Å². The average Bonchev–Trinajstić information content (AvgIpc) is 2.22. The Bertz CT molecular complexity index is 243. The number of hydrogen-bond donors (Lipinski definition) is 1. The summed E-state index contributed by atoms with van der Waals surface area (Å²) in [5.41, 5.74) is 0.0113. The van der Waals surface area contributed by atoms with Gasteiger partial charge in [0.25, 0.3) is 0 Å². The van der Waals surface area contributed by atoms with Crippen LogP contribution in [-0.2, 0) is 0 Å². The van der Waals surface area contributed by atoms with Crippen LogP contribution in [0, 0.1) is 16.7 Å². The predicted molar refractivity (Wildman–Crippen MR) is 73.9 cm³/mol. The van der Waals surface area contributed by atoms with Crippen molar-refractivity contribution >= 4 is 0 Å². The molecule has 0 aliphatic rings. The van der Waals surface area contributed by atoms with Crippen molar-refractivity contribution in [3.05, 3.63) is 0 Å². The lowest BCUT2D eigenvalue weighted by Crippen LogP contribution is -2.41. The van der Waals surface area contributed by atoms with Crippen LogP contribution >= 0.6 is 0 Å². The largest absolute Gasteiger partial charge is 0.306 e. The van der Waals surface area contributed by atoms with E-state index in [2.05, 4.69) is 51.0 Å². The molecule has 0 saturated heterocycles. The van der Waals surface area contributed by atoms with Gasteiger partial charge in [-0.3, -0.25) is 0 Å². The van der Waals surface area contributed by atoms with Crippen LogP contribution in [-0.4, -0.2) is 37.6 Å². The molecule has 1 N–H and O–H groups in total. The summed E-state index contributed by atoms with van der Waals surface area (Å²) in [6.07, 6.45) is 2.85. The fourth-order valence-electron chi connectivity index (χ4n) is 2.21. The highest BCUT2D eigenvalue weighted by molar-refractivity contribution is 5.05. The lowest BCUT2D eigenvalue weighted by molar-refractivity contribution is 0.217. The van der Waals surface area contributed by atoms with Gasteiger partial charge in [-0.25, -0.2) is 0 Å². The standard InChI is InChI=1S/C14H29N3/c1-7-14(11-15,16-5)9-8-10-17(6)12-13(2,3)4/h16H,7-10,12H2,1-6H3. The van der Waals surface area contributed by atoms with Crippen LogP contribution < -0.4 is 5.32 Å². The molecule has 0 bridgehead atoms. The van der Waals surface area contributed by atoms with E-state index in [1.54, 1.807) is 0 Å². The van der Waals surface area contributed by atoms with Gasteiger partial charge in [-0.1, -0.05) is 27.7 Å². The van der Waals surface area contributed by atoms with Crippen LogP contribution in [0.5, 0.6) is 0 Å². The highest BCUT2D eigenvalue weighted by Gasteiger charge is 2.25. The van der Waals surface area contributed by atoms with E-state index in [9.17, 15) is 5.26 Å². The molecule has 0 aliphatic heterocycles. The van der Waals surface area contributed by atoms with Crippen molar-refractivity contribution < 1.29 is 0 Å². The number of rotatable bonds is 7. The molecule has 3 heteroatoms. The van der Waals surface area contributed by atoms with Crippen molar-refractivity contribution in [1.29, 1.82) is 5.26 Å². The number of nitrogens with one attached hydrogen (secondary N) is 1. The first-order valence-electron chi connectivity index (χ1n) is 6.57. The van der Waals surface area contributed by atoms with E-state index in [4.69, 9.17) is 0 Å². The normalized spacial score (nSPS) is 15.6.